The summed E-state index contributed by atoms with van der Waals surface area (Å²) < 4.78 is 11.1. The number of carbonyl (C=O) groups is 1. The van der Waals surface area contributed by atoms with Crippen LogP contribution in [0.2, 0.25) is 0 Å². The van der Waals surface area contributed by atoms with E-state index in [2.05, 4.69) is 5.32 Å². The van der Waals surface area contributed by atoms with E-state index in [1.54, 1.807) is 7.11 Å². The van der Waals surface area contributed by atoms with E-state index in [-0.39, 0.29) is 12.0 Å². The molecule has 0 bridgehead atoms. The zero-order chi connectivity index (χ0) is 16.0. The molecule has 4 nitrogen and oxygen atoms in total. The summed E-state index contributed by atoms with van der Waals surface area (Å²) in [6.45, 7) is 9.80. The summed E-state index contributed by atoms with van der Waals surface area (Å²) in [5.74, 6) is 0.717. The molecule has 1 N–H and O–H groups in total. The van der Waals surface area contributed by atoms with Crippen molar-refractivity contribution in [1.82, 2.24) is 0 Å². The van der Waals surface area contributed by atoms with E-state index in [0.717, 1.165) is 23.4 Å². The predicted octanol–water partition coefficient (Wildman–Crippen LogP) is 3.93. The Morgan fingerprint density at radius 3 is 2.52 bits per heavy atom. The van der Waals surface area contributed by atoms with E-state index in [4.69, 9.17) is 9.47 Å². The maximum atomic E-state index is 12.4. The summed E-state index contributed by atoms with van der Waals surface area (Å²) in [6.07, 6.45) is 1.70. The lowest BCUT2D eigenvalue weighted by atomic mass is 9.99. The Morgan fingerprint density at radius 2 is 2.05 bits per heavy atom. The number of amides is 1. The molecule has 0 saturated carbocycles. The van der Waals surface area contributed by atoms with Crippen LogP contribution < -0.4 is 10.1 Å². The number of hydrogen-bond acceptors (Lipinski definition) is 3. The molecule has 1 amide bonds. The van der Waals surface area contributed by atoms with Gasteiger partial charge in [-0.3, -0.25) is 4.79 Å². The van der Waals surface area contributed by atoms with Crippen molar-refractivity contribution in [2.75, 3.05) is 12.4 Å². The molecule has 0 aliphatic rings. The van der Waals surface area contributed by atoms with Gasteiger partial charge in [0.25, 0.3) is 5.91 Å². The van der Waals surface area contributed by atoms with Crippen molar-refractivity contribution in [3.63, 3.8) is 0 Å². The SMILES string of the molecule is CCC[C@@](C)(OC)C(=O)Nc1ccc(OC(C)C)c(C)c1. The van der Waals surface area contributed by atoms with Crippen LogP contribution in [-0.4, -0.2) is 24.7 Å². The minimum atomic E-state index is -0.796. The highest BCUT2D eigenvalue weighted by Gasteiger charge is 2.32. The average Bonchev–Trinajstić information content (AvgIpc) is 2.41. The molecule has 118 valence electrons. The highest BCUT2D eigenvalue weighted by Crippen LogP contribution is 2.25. The van der Waals surface area contributed by atoms with Crippen LogP contribution >= 0.6 is 0 Å². The first-order chi connectivity index (χ1) is 9.82. The number of benzene rings is 1. The van der Waals surface area contributed by atoms with Crippen LogP contribution in [0.4, 0.5) is 5.69 Å². The molecule has 0 aromatic heterocycles. The molecule has 1 aromatic rings. The molecule has 0 aliphatic carbocycles. The zero-order valence-electron chi connectivity index (χ0n) is 13.9. The molecule has 1 rings (SSSR count). The number of ether oxygens (including phenoxy) is 2. The van der Waals surface area contributed by atoms with Crippen LogP contribution in [0.25, 0.3) is 0 Å². The van der Waals surface area contributed by atoms with Gasteiger partial charge in [0.1, 0.15) is 11.4 Å². The minimum absolute atomic E-state index is 0.122. The summed E-state index contributed by atoms with van der Waals surface area (Å²) in [7, 11) is 1.57. The molecule has 21 heavy (non-hydrogen) atoms. The molecule has 1 atom stereocenters. The van der Waals surface area contributed by atoms with Gasteiger partial charge in [-0.1, -0.05) is 13.3 Å². The number of aryl methyl sites for hydroxylation is 1. The number of methoxy groups -OCH3 is 1. The number of carbonyl (C=O) groups excluding carboxylic acids is 1. The lowest BCUT2D eigenvalue weighted by molar-refractivity contribution is -0.136. The van der Waals surface area contributed by atoms with Crippen LogP contribution in [0.1, 0.15) is 46.1 Å². The molecule has 0 aliphatic heterocycles. The van der Waals surface area contributed by atoms with E-state index in [1.807, 2.05) is 52.8 Å². The third-order valence-electron chi connectivity index (χ3n) is 3.45. The Hall–Kier alpha value is -1.55. The molecule has 0 spiro atoms. The van der Waals surface area contributed by atoms with Crippen molar-refractivity contribution < 1.29 is 14.3 Å². The standard InChI is InChI=1S/C17H27NO3/c1-7-10-17(5,20-6)16(19)18-14-8-9-15(13(4)11-14)21-12(2)3/h8-9,11-12H,7,10H2,1-6H3,(H,18,19)/t17-/m1/s1. The monoisotopic (exact) mass is 293 g/mol. The molecule has 1 aromatic carbocycles. The highest BCUT2D eigenvalue weighted by atomic mass is 16.5. The molecule has 0 heterocycles. The number of rotatable bonds is 7. The molecular formula is C17H27NO3. The van der Waals surface area contributed by atoms with Gasteiger partial charge in [0, 0.05) is 12.8 Å². The molecule has 0 saturated heterocycles. The van der Waals surface area contributed by atoms with E-state index in [0.29, 0.717) is 6.42 Å². The second-order valence-electron chi connectivity index (χ2n) is 5.79. The molecular weight excluding hydrogens is 266 g/mol. The van der Waals surface area contributed by atoms with Crippen LogP contribution in [0, 0.1) is 6.92 Å². The Morgan fingerprint density at radius 1 is 1.38 bits per heavy atom. The summed E-state index contributed by atoms with van der Waals surface area (Å²) in [4.78, 5) is 12.4. The Bertz CT molecular complexity index is 485. The second-order valence-corrected chi connectivity index (χ2v) is 5.79. The van der Waals surface area contributed by atoms with Gasteiger partial charge in [0.2, 0.25) is 0 Å². The largest absolute Gasteiger partial charge is 0.491 e. The second kappa shape index (κ2) is 7.46. The van der Waals surface area contributed by atoms with Crippen LogP contribution in [0.15, 0.2) is 18.2 Å². The first-order valence-electron chi connectivity index (χ1n) is 7.46. The molecule has 0 fully saturated rings. The smallest absolute Gasteiger partial charge is 0.256 e. The van der Waals surface area contributed by atoms with Gasteiger partial charge in [0.15, 0.2) is 0 Å². The number of nitrogens with one attached hydrogen (secondary N) is 1. The Balaban J connectivity index is 2.84. The fraction of sp³-hybridized carbons (Fsp3) is 0.588. The number of anilines is 1. The average molecular weight is 293 g/mol. The fourth-order valence-corrected chi connectivity index (χ4v) is 2.16. The third-order valence-corrected chi connectivity index (χ3v) is 3.45. The first kappa shape index (κ1) is 17.5. The minimum Gasteiger partial charge on any atom is -0.491 e. The normalized spacial score (nSPS) is 13.9. The fourth-order valence-electron chi connectivity index (χ4n) is 2.16. The lowest BCUT2D eigenvalue weighted by Crippen LogP contribution is -2.41. The van der Waals surface area contributed by atoms with Gasteiger partial charge in [-0.15, -0.1) is 0 Å². The number of hydrogen-bond donors (Lipinski definition) is 1. The molecule has 0 radical (unpaired) electrons. The van der Waals surface area contributed by atoms with Crippen molar-refractivity contribution in [2.45, 2.75) is 59.2 Å². The highest BCUT2D eigenvalue weighted by molar-refractivity contribution is 5.97. The van der Waals surface area contributed by atoms with E-state index >= 15 is 0 Å². The summed E-state index contributed by atoms with van der Waals surface area (Å²) in [5, 5.41) is 2.92. The van der Waals surface area contributed by atoms with Crippen molar-refractivity contribution in [1.29, 1.82) is 0 Å². The summed E-state index contributed by atoms with van der Waals surface area (Å²) in [5.41, 5.74) is 0.958. The summed E-state index contributed by atoms with van der Waals surface area (Å²) in [6, 6.07) is 5.65. The van der Waals surface area contributed by atoms with E-state index < -0.39 is 5.60 Å². The quantitative estimate of drug-likeness (QED) is 0.828. The van der Waals surface area contributed by atoms with Crippen LogP contribution in [0.3, 0.4) is 0 Å². The van der Waals surface area contributed by atoms with Crippen molar-refractivity contribution in [2.24, 2.45) is 0 Å². The third kappa shape index (κ3) is 4.74. The van der Waals surface area contributed by atoms with Gasteiger partial charge in [-0.2, -0.15) is 0 Å². The summed E-state index contributed by atoms with van der Waals surface area (Å²) >= 11 is 0. The maximum absolute atomic E-state index is 12.4. The van der Waals surface area contributed by atoms with Crippen molar-refractivity contribution >= 4 is 11.6 Å². The molecule has 4 heteroatoms. The van der Waals surface area contributed by atoms with Crippen LogP contribution in [-0.2, 0) is 9.53 Å². The van der Waals surface area contributed by atoms with Gasteiger partial charge >= 0.3 is 0 Å². The van der Waals surface area contributed by atoms with Crippen molar-refractivity contribution in [3.05, 3.63) is 23.8 Å². The Kier molecular flexibility index (Phi) is 6.21. The van der Waals surface area contributed by atoms with E-state index in [9.17, 15) is 4.79 Å². The van der Waals surface area contributed by atoms with Gasteiger partial charge < -0.3 is 14.8 Å². The molecule has 0 unspecified atom stereocenters. The van der Waals surface area contributed by atoms with Crippen molar-refractivity contribution in [3.8, 4) is 5.75 Å². The first-order valence-corrected chi connectivity index (χ1v) is 7.46. The zero-order valence-corrected chi connectivity index (χ0v) is 13.9. The van der Waals surface area contributed by atoms with E-state index in [1.165, 1.54) is 0 Å². The van der Waals surface area contributed by atoms with Gasteiger partial charge in [0.05, 0.1) is 6.10 Å². The maximum Gasteiger partial charge on any atom is 0.256 e. The lowest BCUT2D eigenvalue weighted by Gasteiger charge is -2.26. The predicted molar refractivity (Wildman–Crippen MR) is 85.9 cm³/mol. The Labute approximate surface area is 127 Å². The van der Waals surface area contributed by atoms with Crippen LogP contribution in [0.5, 0.6) is 5.75 Å². The van der Waals surface area contributed by atoms with Gasteiger partial charge in [-0.05, 0) is 57.9 Å². The van der Waals surface area contributed by atoms with Gasteiger partial charge in [-0.25, -0.2) is 0 Å². The topological polar surface area (TPSA) is 47.6 Å².